The van der Waals surface area contributed by atoms with Gasteiger partial charge < -0.3 is 4.79 Å². The molecule has 0 radical (unpaired) electrons. The largest absolute Gasteiger partial charge is 0.303 e. The first kappa shape index (κ1) is 11.5. The van der Waals surface area contributed by atoms with Crippen molar-refractivity contribution in [2.45, 2.75) is 43.9 Å². The summed E-state index contributed by atoms with van der Waals surface area (Å²) < 4.78 is 1.19. The van der Waals surface area contributed by atoms with Crippen LogP contribution in [0.2, 0.25) is 0 Å². The van der Waals surface area contributed by atoms with Gasteiger partial charge in [-0.05, 0) is 67.2 Å². The minimum absolute atomic E-state index is 0.320. The Kier molecular flexibility index (Phi) is 2.86. The van der Waals surface area contributed by atoms with Gasteiger partial charge in [-0.2, -0.15) is 0 Å². The Balaban J connectivity index is 1.90. The summed E-state index contributed by atoms with van der Waals surface area (Å²) in [6.07, 6.45) is 8.21. The zero-order valence-corrected chi connectivity index (χ0v) is 11.5. The molecule has 3 rings (SSSR count). The normalized spacial score (nSPS) is 31.5. The highest BCUT2D eigenvalue weighted by Gasteiger charge is 2.41. The summed E-state index contributed by atoms with van der Waals surface area (Å²) in [5.41, 5.74) is 3.48. The second-order valence-corrected chi connectivity index (χ2v) is 6.47. The van der Waals surface area contributed by atoms with Gasteiger partial charge in [-0.15, -0.1) is 0 Å². The number of carbonyl (C=O) groups is 1. The minimum atomic E-state index is 0.320. The summed E-state index contributed by atoms with van der Waals surface area (Å²) in [6.45, 7) is 0. The van der Waals surface area contributed by atoms with Gasteiger partial charge >= 0.3 is 0 Å². The number of aryl methyl sites for hydroxylation is 1. The van der Waals surface area contributed by atoms with E-state index in [1.807, 2.05) is 0 Å². The zero-order valence-electron chi connectivity index (χ0n) is 9.92. The van der Waals surface area contributed by atoms with Crippen molar-refractivity contribution in [1.82, 2.24) is 0 Å². The predicted molar refractivity (Wildman–Crippen MR) is 72.2 cm³/mol. The number of rotatable bonds is 1. The van der Waals surface area contributed by atoms with E-state index < -0.39 is 0 Å². The van der Waals surface area contributed by atoms with Crippen molar-refractivity contribution >= 4 is 22.2 Å². The van der Waals surface area contributed by atoms with E-state index in [0.29, 0.717) is 11.3 Å². The maximum absolute atomic E-state index is 10.8. The van der Waals surface area contributed by atoms with Crippen molar-refractivity contribution in [3.8, 4) is 0 Å². The number of aldehydes is 1. The van der Waals surface area contributed by atoms with E-state index in [1.54, 1.807) is 5.56 Å². The third-order valence-corrected chi connectivity index (χ3v) is 5.18. The second-order valence-electron chi connectivity index (χ2n) is 5.56. The van der Waals surface area contributed by atoms with Crippen molar-refractivity contribution in [3.05, 3.63) is 33.8 Å². The fraction of sp³-hybridized carbons (Fsp3) is 0.533. The van der Waals surface area contributed by atoms with Crippen LogP contribution in [0, 0.1) is 5.92 Å². The Morgan fingerprint density at radius 3 is 2.71 bits per heavy atom. The molecule has 2 heteroatoms. The van der Waals surface area contributed by atoms with Crippen molar-refractivity contribution in [2.24, 2.45) is 5.92 Å². The molecule has 0 aliphatic heterocycles. The lowest BCUT2D eigenvalue weighted by Gasteiger charge is -2.36. The van der Waals surface area contributed by atoms with Crippen molar-refractivity contribution in [1.29, 1.82) is 0 Å². The molecule has 2 aliphatic carbocycles. The standard InChI is InChI=1S/C15H17BrO/c16-13-1-2-14-12(9-13)5-8-15(14)6-3-11(10-17)4-7-15/h1-2,9-11H,3-8H2. The van der Waals surface area contributed by atoms with Gasteiger partial charge in [0.15, 0.2) is 0 Å². The number of hydrogen-bond donors (Lipinski definition) is 0. The number of carbonyl (C=O) groups excluding carboxylic acids is 1. The molecule has 90 valence electrons. The van der Waals surface area contributed by atoms with Crippen LogP contribution in [-0.2, 0) is 16.6 Å². The molecule has 0 N–H and O–H groups in total. The van der Waals surface area contributed by atoms with Crippen molar-refractivity contribution in [2.75, 3.05) is 0 Å². The number of hydrogen-bond acceptors (Lipinski definition) is 1. The Labute approximate surface area is 111 Å². The summed E-state index contributed by atoms with van der Waals surface area (Å²) in [6, 6.07) is 6.74. The topological polar surface area (TPSA) is 17.1 Å². The van der Waals surface area contributed by atoms with E-state index in [4.69, 9.17) is 0 Å². The highest BCUT2D eigenvalue weighted by atomic mass is 79.9. The van der Waals surface area contributed by atoms with Crippen LogP contribution in [0.4, 0.5) is 0 Å². The first-order valence-corrected chi connectivity index (χ1v) is 7.27. The molecule has 0 bridgehead atoms. The van der Waals surface area contributed by atoms with Gasteiger partial charge in [0.2, 0.25) is 0 Å². The molecule has 1 spiro atoms. The molecule has 1 fully saturated rings. The van der Waals surface area contributed by atoms with Gasteiger partial charge in [-0.3, -0.25) is 0 Å². The summed E-state index contributed by atoms with van der Waals surface area (Å²) in [5, 5.41) is 0. The quantitative estimate of drug-likeness (QED) is 0.715. The lowest BCUT2D eigenvalue weighted by molar-refractivity contribution is -0.112. The molecular weight excluding hydrogens is 276 g/mol. The lowest BCUT2D eigenvalue weighted by Crippen LogP contribution is -2.29. The molecular formula is C15H17BrO. The van der Waals surface area contributed by atoms with E-state index >= 15 is 0 Å². The van der Waals surface area contributed by atoms with Gasteiger partial charge in [0.05, 0.1) is 0 Å². The molecule has 0 saturated heterocycles. The molecule has 0 aromatic heterocycles. The number of fused-ring (bicyclic) bond motifs is 2. The molecule has 2 aliphatic rings. The first-order valence-electron chi connectivity index (χ1n) is 6.48. The lowest BCUT2D eigenvalue weighted by atomic mass is 9.67. The summed E-state index contributed by atoms with van der Waals surface area (Å²) >= 11 is 3.55. The second kappa shape index (κ2) is 4.24. The Morgan fingerprint density at radius 2 is 2.00 bits per heavy atom. The minimum Gasteiger partial charge on any atom is -0.303 e. The third-order valence-electron chi connectivity index (χ3n) is 4.69. The molecule has 17 heavy (non-hydrogen) atoms. The van der Waals surface area contributed by atoms with Gasteiger partial charge in [-0.1, -0.05) is 22.0 Å². The average Bonchev–Trinajstić information content (AvgIpc) is 2.69. The SMILES string of the molecule is O=CC1CCC2(CCc3cc(Br)ccc32)CC1. The Bertz CT molecular complexity index is 444. The van der Waals surface area contributed by atoms with Gasteiger partial charge in [0.25, 0.3) is 0 Å². The van der Waals surface area contributed by atoms with Crippen molar-refractivity contribution < 1.29 is 4.79 Å². The smallest absolute Gasteiger partial charge is 0.123 e. The van der Waals surface area contributed by atoms with E-state index in [1.165, 1.54) is 35.7 Å². The molecule has 1 nitrogen and oxygen atoms in total. The molecule has 1 aromatic carbocycles. The van der Waals surface area contributed by atoms with Crippen LogP contribution in [-0.4, -0.2) is 6.29 Å². The summed E-state index contributed by atoms with van der Waals surface area (Å²) in [7, 11) is 0. The van der Waals surface area contributed by atoms with Crippen molar-refractivity contribution in [3.63, 3.8) is 0 Å². The highest BCUT2D eigenvalue weighted by molar-refractivity contribution is 9.10. The summed E-state index contributed by atoms with van der Waals surface area (Å²) in [4.78, 5) is 10.8. The van der Waals surface area contributed by atoms with Crippen LogP contribution in [0.5, 0.6) is 0 Å². The third kappa shape index (κ3) is 1.87. The van der Waals surface area contributed by atoms with Crippen LogP contribution in [0.25, 0.3) is 0 Å². The number of halogens is 1. The van der Waals surface area contributed by atoms with E-state index in [9.17, 15) is 4.79 Å². The average molecular weight is 293 g/mol. The fourth-order valence-corrected chi connectivity index (χ4v) is 4.05. The molecule has 0 heterocycles. The first-order chi connectivity index (χ1) is 8.23. The maximum Gasteiger partial charge on any atom is 0.123 e. The Morgan fingerprint density at radius 1 is 1.24 bits per heavy atom. The number of benzene rings is 1. The summed E-state index contributed by atoms with van der Waals surface area (Å²) in [5.74, 6) is 0.320. The monoisotopic (exact) mass is 292 g/mol. The van der Waals surface area contributed by atoms with Gasteiger partial charge in [-0.25, -0.2) is 0 Å². The van der Waals surface area contributed by atoms with Crippen LogP contribution >= 0.6 is 15.9 Å². The molecule has 0 atom stereocenters. The van der Waals surface area contributed by atoms with E-state index in [2.05, 4.69) is 34.1 Å². The highest BCUT2D eigenvalue weighted by Crippen LogP contribution is 2.49. The molecule has 1 aromatic rings. The van der Waals surface area contributed by atoms with Crippen LogP contribution in [0.1, 0.15) is 43.2 Å². The van der Waals surface area contributed by atoms with E-state index in [0.717, 1.165) is 19.1 Å². The molecule has 0 amide bonds. The van der Waals surface area contributed by atoms with Gasteiger partial charge in [0, 0.05) is 10.4 Å². The van der Waals surface area contributed by atoms with Gasteiger partial charge in [0.1, 0.15) is 6.29 Å². The van der Waals surface area contributed by atoms with E-state index in [-0.39, 0.29) is 0 Å². The Hall–Kier alpha value is -0.630. The fourth-order valence-electron chi connectivity index (χ4n) is 3.64. The molecule has 1 saturated carbocycles. The zero-order chi connectivity index (χ0) is 11.9. The van der Waals surface area contributed by atoms with Crippen LogP contribution < -0.4 is 0 Å². The van der Waals surface area contributed by atoms with Crippen LogP contribution in [0.3, 0.4) is 0 Å². The molecule has 0 unspecified atom stereocenters. The van der Waals surface area contributed by atoms with Crippen LogP contribution in [0.15, 0.2) is 22.7 Å². The predicted octanol–water partition coefficient (Wildman–Crippen LogP) is 4.02. The maximum atomic E-state index is 10.8.